The topological polar surface area (TPSA) is 68.4 Å². The molecule has 2 saturated heterocycles. The maximum absolute atomic E-state index is 12.9. The first-order valence-electron chi connectivity index (χ1n) is 10.1. The molecule has 2 aliphatic rings. The van der Waals surface area contributed by atoms with Crippen LogP contribution in [0.15, 0.2) is 36.9 Å². The molecule has 0 radical (unpaired) electrons. The van der Waals surface area contributed by atoms with Crippen molar-refractivity contribution < 1.29 is 4.79 Å². The molecule has 0 spiro atoms. The van der Waals surface area contributed by atoms with E-state index in [0.717, 1.165) is 51.5 Å². The lowest BCUT2D eigenvalue weighted by atomic mass is 9.80. The highest BCUT2D eigenvalue weighted by Gasteiger charge is 2.53. The number of imidazole rings is 1. The summed E-state index contributed by atoms with van der Waals surface area (Å²) in [7, 11) is 4.27. The SMILES string of the molecule is CN(C)CC12CN(Cc3ncc[nH]3)CC1CN(C(=O)CCc1ccncc1)C2. The lowest BCUT2D eigenvalue weighted by Crippen LogP contribution is -2.42. The van der Waals surface area contributed by atoms with Gasteiger partial charge in [-0.2, -0.15) is 0 Å². The molecule has 1 N–H and O–H groups in total. The largest absolute Gasteiger partial charge is 0.348 e. The van der Waals surface area contributed by atoms with Gasteiger partial charge in [0.2, 0.25) is 5.91 Å². The Hall–Kier alpha value is -2.25. The molecule has 0 bridgehead atoms. The minimum atomic E-state index is 0.155. The smallest absolute Gasteiger partial charge is 0.222 e. The summed E-state index contributed by atoms with van der Waals surface area (Å²) >= 11 is 0. The van der Waals surface area contributed by atoms with Crippen LogP contribution in [0.2, 0.25) is 0 Å². The molecule has 2 atom stereocenters. The normalized spacial score (nSPS) is 24.8. The van der Waals surface area contributed by atoms with Crippen molar-refractivity contribution >= 4 is 5.91 Å². The van der Waals surface area contributed by atoms with Crippen molar-refractivity contribution in [1.82, 2.24) is 29.7 Å². The number of nitrogens with zero attached hydrogens (tertiary/aromatic N) is 5. The number of hydrogen-bond acceptors (Lipinski definition) is 5. The summed E-state index contributed by atoms with van der Waals surface area (Å²) < 4.78 is 0. The minimum Gasteiger partial charge on any atom is -0.348 e. The van der Waals surface area contributed by atoms with E-state index in [4.69, 9.17) is 0 Å². The highest BCUT2D eigenvalue weighted by atomic mass is 16.2. The Bertz CT molecular complexity index is 777. The van der Waals surface area contributed by atoms with E-state index in [0.29, 0.717) is 12.3 Å². The van der Waals surface area contributed by atoms with Crippen LogP contribution in [0.4, 0.5) is 0 Å². The van der Waals surface area contributed by atoms with E-state index in [-0.39, 0.29) is 11.3 Å². The molecule has 1 amide bonds. The summed E-state index contributed by atoms with van der Waals surface area (Å²) in [5, 5.41) is 0. The van der Waals surface area contributed by atoms with Gasteiger partial charge in [0.15, 0.2) is 0 Å². The average Bonchev–Trinajstić information content (AvgIpc) is 3.35. The van der Waals surface area contributed by atoms with Crippen molar-refractivity contribution in [2.75, 3.05) is 46.8 Å². The van der Waals surface area contributed by atoms with Crippen LogP contribution in [0.3, 0.4) is 0 Å². The molecule has 7 heteroatoms. The Morgan fingerprint density at radius 3 is 2.79 bits per heavy atom. The van der Waals surface area contributed by atoms with Crippen molar-refractivity contribution in [3.8, 4) is 0 Å². The van der Waals surface area contributed by atoms with E-state index in [1.165, 1.54) is 5.56 Å². The average molecular weight is 383 g/mol. The molecule has 0 aromatic carbocycles. The predicted molar refractivity (Wildman–Crippen MR) is 107 cm³/mol. The molecule has 0 saturated carbocycles. The number of H-pyrrole nitrogens is 1. The zero-order valence-electron chi connectivity index (χ0n) is 16.8. The first kappa shape index (κ1) is 19.1. The highest BCUT2D eigenvalue weighted by molar-refractivity contribution is 5.77. The predicted octanol–water partition coefficient (Wildman–Crippen LogP) is 1.26. The van der Waals surface area contributed by atoms with Gasteiger partial charge in [-0.25, -0.2) is 4.98 Å². The van der Waals surface area contributed by atoms with E-state index in [2.05, 4.69) is 43.7 Å². The molecule has 28 heavy (non-hydrogen) atoms. The molecule has 2 aromatic heterocycles. The fraction of sp³-hybridized carbons (Fsp3) is 0.571. The molecule has 4 heterocycles. The molecule has 0 aliphatic carbocycles. The van der Waals surface area contributed by atoms with Crippen LogP contribution in [-0.4, -0.2) is 82.4 Å². The van der Waals surface area contributed by atoms with E-state index in [1.807, 2.05) is 24.5 Å². The summed E-state index contributed by atoms with van der Waals surface area (Å²) in [6.45, 7) is 5.65. The summed E-state index contributed by atoms with van der Waals surface area (Å²) in [6, 6.07) is 3.98. The quantitative estimate of drug-likeness (QED) is 0.781. The fourth-order valence-electron chi connectivity index (χ4n) is 5.01. The number of carbonyl (C=O) groups is 1. The fourth-order valence-corrected chi connectivity index (χ4v) is 5.01. The van der Waals surface area contributed by atoms with Gasteiger partial charge in [-0.1, -0.05) is 0 Å². The first-order valence-corrected chi connectivity index (χ1v) is 10.1. The van der Waals surface area contributed by atoms with Gasteiger partial charge in [0.05, 0.1) is 6.54 Å². The number of rotatable bonds is 7. The van der Waals surface area contributed by atoms with Crippen molar-refractivity contribution in [3.63, 3.8) is 0 Å². The van der Waals surface area contributed by atoms with Crippen molar-refractivity contribution in [2.24, 2.45) is 11.3 Å². The Kier molecular flexibility index (Phi) is 5.46. The second kappa shape index (κ2) is 8.01. The molecular weight excluding hydrogens is 352 g/mol. The Balaban J connectivity index is 1.39. The number of nitrogens with one attached hydrogen (secondary N) is 1. The van der Waals surface area contributed by atoms with Crippen LogP contribution in [0.25, 0.3) is 0 Å². The van der Waals surface area contributed by atoms with E-state index < -0.39 is 0 Å². The molecule has 2 aromatic rings. The van der Waals surface area contributed by atoms with Crippen molar-refractivity contribution in [1.29, 1.82) is 0 Å². The van der Waals surface area contributed by atoms with Gasteiger partial charge < -0.3 is 14.8 Å². The van der Waals surface area contributed by atoms with E-state index >= 15 is 0 Å². The number of aromatic nitrogens is 3. The maximum Gasteiger partial charge on any atom is 0.222 e. The number of hydrogen-bond donors (Lipinski definition) is 1. The third-order valence-electron chi connectivity index (χ3n) is 6.12. The number of aryl methyl sites for hydroxylation is 1. The minimum absolute atomic E-state index is 0.155. The van der Waals surface area contributed by atoms with E-state index in [1.54, 1.807) is 12.4 Å². The van der Waals surface area contributed by atoms with Crippen LogP contribution in [-0.2, 0) is 17.8 Å². The van der Waals surface area contributed by atoms with Crippen LogP contribution in [0.5, 0.6) is 0 Å². The van der Waals surface area contributed by atoms with Crippen LogP contribution < -0.4 is 0 Å². The van der Waals surface area contributed by atoms with Gasteiger partial charge in [0.1, 0.15) is 5.82 Å². The van der Waals surface area contributed by atoms with Gasteiger partial charge in [-0.15, -0.1) is 0 Å². The van der Waals surface area contributed by atoms with Crippen LogP contribution in [0, 0.1) is 11.3 Å². The third-order valence-corrected chi connectivity index (χ3v) is 6.12. The summed E-state index contributed by atoms with van der Waals surface area (Å²) in [5.74, 6) is 1.82. The summed E-state index contributed by atoms with van der Waals surface area (Å²) in [6.07, 6.45) is 8.63. The second-order valence-corrected chi connectivity index (χ2v) is 8.63. The maximum atomic E-state index is 12.9. The molecule has 2 fully saturated rings. The van der Waals surface area contributed by atoms with Gasteiger partial charge in [0.25, 0.3) is 0 Å². The molecule has 2 unspecified atom stereocenters. The van der Waals surface area contributed by atoms with Gasteiger partial charge in [-0.05, 0) is 44.1 Å². The first-order chi connectivity index (χ1) is 13.5. The summed E-state index contributed by atoms with van der Waals surface area (Å²) in [4.78, 5) is 31.4. The standard InChI is InChI=1S/C21H30N6O/c1-25(2)14-21-15-26(13-19-23-9-10-24-19)11-18(21)12-27(16-21)20(28)4-3-17-5-7-22-8-6-17/h5-10,18H,3-4,11-16H2,1-2H3,(H,23,24). The molecular formula is C21H30N6O. The number of carbonyl (C=O) groups excluding carboxylic acids is 1. The third kappa shape index (κ3) is 4.10. The van der Waals surface area contributed by atoms with Crippen LogP contribution in [0.1, 0.15) is 17.8 Å². The van der Waals surface area contributed by atoms with Gasteiger partial charge in [-0.3, -0.25) is 14.7 Å². The Morgan fingerprint density at radius 2 is 2.07 bits per heavy atom. The zero-order valence-corrected chi connectivity index (χ0v) is 16.8. The lowest BCUT2D eigenvalue weighted by molar-refractivity contribution is -0.130. The van der Waals surface area contributed by atoms with Gasteiger partial charge in [0, 0.05) is 69.3 Å². The molecule has 150 valence electrons. The zero-order chi connectivity index (χ0) is 19.6. The molecule has 7 nitrogen and oxygen atoms in total. The number of pyridine rings is 1. The lowest BCUT2D eigenvalue weighted by Gasteiger charge is -2.32. The highest BCUT2D eigenvalue weighted by Crippen LogP contribution is 2.43. The summed E-state index contributed by atoms with van der Waals surface area (Å²) in [5.41, 5.74) is 1.33. The van der Waals surface area contributed by atoms with Crippen LogP contribution >= 0.6 is 0 Å². The number of likely N-dealkylation sites (tertiary alicyclic amines) is 2. The molecule has 2 aliphatic heterocycles. The second-order valence-electron chi connectivity index (χ2n) is 8.63. The number of amides is 1. The van der Waals surface area contributed by atoms with Crippen molar-refractivity contribution in [2.45, 2.75) is 19.4 Å². The number of fused-ring (bicyclic) bond motifs is 1. The monoisotopic (exact) mass is 382 g/mol. The van der Waals surface area contributed by atoms with Crippen molar-refractivity contribution in [3.05, 3.63) is 48.3 Å². The van der Waals surface area contributed by atoms with E-state index in [9.17, 15) is 4.79 Å². The Morgan fingerprint density at radius 1 is 1.25 bits per heavy atom. The Labute approximate surface area is 166 Å². The molecule has 4 rings (SSSR count). The number of aromatic amines is 1. The van der Waals surface area contributed by atoms with Gasteiger partial charge >= 0.3 is 0 Å².